The normalized spacial score (nSPS) is 11.4. The monoisotopic (exact) mass is 734 g/mol. The van der Waals surface area contributed by atoms with Crippen molar-refractivity contribution >= 4 is 43.1 Å². The van der Waals surface area contributed by atoms with Gasteiger partial charge in [-0.25, -0.2) is 0 Å². The minimum atomic E-state index is 1.21. The van der Waals surface area contributed by atoms with Crippen LogP contribution in [0.15, 0.2) is 231 Å². The summed E-state index contributed by atoms with van der Waals surface area (Å²) in [5, 5.41) is 10.1. The number of hydrogen-bond donors (Lipinski definition) is 0. The van der Waals surface area contributed by atoms with Crippen LogP contribution < -0.4 is 0 Å². The SMILES string of the molecule is c1ccc(-c2cc3ccccc3cc2-c2ccc(-c3c4ccccc4c(-c4ccc(-c5ccc(-c6ccc7ccccc7c6)cc5)cc4)c4ccccc34)cc2)cc1. The van der Waals surface area contributed by atoms with E-state index in [1.165, 1.54) is 110 Å². The van der Waals surface area contributed by atoms with E-state index in [1.54, 1.807) is 0 Å². The maximum Gasteiger partial charge on any atom is -0.00264 e. The summed E-state index contributed by atoms with van der Waals surface area (Å²) in [6.45, 7) is 0. The van der Waals surface area contributed by atoms with Crippen LogP contribution in [-0.2, 0) is 0 Å². The van der Waals surface area contributed by atoms with E-state index in [9.17, 15) is 0 Å². The van der Waals surface area contributed by atoms with Gasteiger partial charge in [-0.2, -0.15) is 0 Å². The molecule has 0 atom stereocenters. The molecule has 0 saturated carbocycles. The Bertz CT molecular complexity index is 3220. The molecular formula is C58H38. The van der Waals surface area contributed by atoms with E-state index in [0.29, 0.717) is 0 Å². The lowest BCUT2D eigenvalue weighted by Crippen LogP contribution is -1.91. The molecule has 0 amide bonds. The second-order valence-corrected chi connectivity index (χ2v) is 15.2. The third kappa shape index (κ3) is 5.95. The third-order valence-electron chi connectivity index (χ3n) is 11.9. The topological polar surface area (TPSA) is 0 Å². The second kappa shape index (κ2) is 14.2. The molecule has 0 aliphatic carbocycles. The van der Waals surface area contributed by atoms with Gasteiger partial charge in [0.05, 0.1) is 0 Å². The van der Waals surface area contributed by atoms with Gasteiger partial charge in [0.15, 0.2) is 0 Å². The number of rotatable bonds is 6. The Morgan fingerprint density at radius 1 is 0.172 bits per heavy atom. The molecule has 58 heavy (non-hydrogen) atoms. The van der Waals surface area contributed by atoms with Crippen LogP contribution in [0.1, 0.15) is 0 Å². The van der Waals surface area contributed by atoms with Gasteiger partial charge in [-0.05, 0) is 128 Å². The highest BCUT2D eigenvalue weighted by Gasteiger charge is 2.17. The molecule has 0 nitrogen and oxygen atoms in total. The first kappa shape index (κ1) is 33.8. The highest BCUT2D eigenvalue weighted by Crippen LogP contribution is 2.45. The van der Waals surface area contributed by atoms with Crippen molar-refractivity contribution in [1.29, 1.82) is 0 Å². The van der Waals surface area contributed by atoms with E-state index in [-0.39, 0.29) is 0 Å². The maximum atomic E-state index is 2.35. The van der Waals surface area contributed by atoms with Crippen LogP contribution in [0, 0.1) is 0 Å². The largest absolute Gasteiger partial charge is 0.0622 e. The van der Waals surface area contributed by atoms with Crippen molar-refractivity contribution in [3.63, 3.8) is 0 Å². The first-order valence-electron chi connectivity index (χ1n) is 20.1. The molecule has 0 unspecified atom stereocenters. The van der Waals surface area contributed by atoms with Gasteiger partial charge in [0.2, 0.25) is 0 Å². The average molecular weight is 735 g/mol. The van der Waals surface area contributed by atoms with E-state index in [4.69, 9.17) is 0 Å². The van der Waals surface area contributed by atoms with Crippen LogP contribution in [0.4, 0.5) is 0 Å². The Labute approximate surface area is 339 Å². The van der Waals surface area contributed by atoms with Gasteiger partial charge in [0.25, 0.3) is 0 Å². The molecule has 0 heterocycles. The fraction of sp³-hybridized carbons (Fsp3) is 0. The Hall–Kier alpha value is -7.54. The second-order valence-electron chi connectivity index (χ2n) is 15.2. The van der Waals surface area contributed by atoms with Crippen molar-refractivity contribution < 1.29 is 0 Å². The summed E-state index contributed by atoms with van der Waals surface area (Å²) in [6, 6.07) is 84.5. The van der Waals surface area contributed by atoms with E-state index >= 15 is 0 Å². The summed E-state index contributed by atoms with van der Waals surface area (Å²) < 4.78 is 0. The minimum absolute atomic E-state index is 1.21. The molecule has 11 aromatic carbocycles. The van der Waals surface area contributed by atoms with Gasteiger partial charge in [-0.3, -0.25) is 0 Å². The molecule has 0 bridgehead atoms. The average Bonchev–Trinajstić information content (AvgIpc) is 3.30. The van der Waals surface area contributed by atoms with Crippen LogP contribution in [0.3, 0.4) is 0 Å². The molecule has 0 radical (unpaired) electrons. The predicted octanol–water partition coefficient (Wildman–Crippen LogP) is 16.3. The Morgan fingerprint density at radius 2 is 0.483 bits per heavy atom. The fourth-order valence-corrected chi connectivity index (χ4v) is 8.96. The first-order chi connectivity index (χ1) is 28.7. The Morgan fingerprint density at radius 3 is 0.948 bits per heavy atom. The number of hydrogen-bond acceptors (Lipinski definition) is 0. The van der Waals surface area contributed by atoms with Crippen LogP contribution in [-0.4, -0.2) is 0 Å². The molecule has 0 N–H and O–H groups in total. The molecular weight excluding hydrogens is 697 g/mol. The summed E-state index contributed by atoms with van der Waals surface area (Å²) in [5.74, 6) is 0. The van der Waals surface area contributed by atoms with Crippen molar-refractivity contribution in [2.75, 3.05) is 0 Å². The molecule has 11 aromatic rings. The highest BCUT2D eigenvalue weighted by atomic mass is 14.2. The molecule has 11 rings (SSSR count). The summed E-state index contributed by atoms with van der Waals surface area (Å²) in [4.78, 5) is 0. The first-order valence-corrected chi connectivity index (χ1v) is 20.1. The van der Waals surface area contributed by atoms with Crippen LogP contribution >= 0.6 is 0 Å². The molecule has 0 fully saturated rings. The third-order valence-corrected chi connectivity index (χ3v) is 11.9. The minimum Gasteiger partial charge on any atom is -0.0622 e. The van der Waals surface area contributed by atoms with Crippen molar-refractivity contribution in [2.24, 2.45) is 0 Å². The number of fused-ring (bicyclic) bond motifs is 4. The Kier molecular flexibility index (Phi) is 8.26. The maximum absolute atomic E-state index is 2.35. The summed E-state index contributed by atoms with van der Waals surface area (Å²) in [6.07, 6.45) is 0. The van der Waals surface area contributed by atoms with Crippen molar-refractivity contribution in [1.82, 2.24) is 0 Å². The molecule has 0 aliphatic heterocycles. The van der Waals surface area contributed by atoms with Gasteiger partial charge in [-0.1, -0.05) is 212 Å². The summed E-state index contributed by atoms with van der Waals surface area (Å²) in [7, 11) is 0. The predicted molar refractivity (Wildman–Crippen MR) is 249 cm³/mol. The van der Waals surface area contributed by atoms with Crippen molar-refractivity contribution in [3.8, 4) is 66.8 Å². The van der Waals surface area contributed by atoms with Gasteiger partial charge in [0.1, 0.15) is 0 Å². The Balaban J connectivity index is 0.970. The molecule has 0 spiro atoms. The van der Waals surface area contributed by atoms with Crippen molar-refractivity contribution in [2.45, 2.75) is 0 Å². The highest BCUT2D eigenvalue weighted by molar-refractivity contribution is 6.21. The quantitative estimate of drug-likeness (QED) is 0.149. The van der Waals surface area contributed by atoms with Crippen molar-refractivity contribution in [3.05, 3.63) is 231 Å². The lowest BCUT2D eigenvalue weighted by molar-refractivity contribution is 1.59. The molecule has 0 heteroatoms. The fourth-order valence-electron chi connectivity index (χ4n) is 8.96. The van der Waals surface area contributed by atoms with Crippen LogP contribution in [0.5, 0.6) is 0 Å². The molecule has 270 valence electrons. The molecule has 0 aliphatic rings. The molecule has 0 aromatic heterocycles. The van der Waals surface area contributed by atoms with E-state index in [0.717, 1.165) is 0 Å². The van der Waals surface area contributed by atoms with E-state index in [1.807, 2.05) is 0 Å². The van der Waals surface area contributed by atoms with Gasteiger partial charge in [-0.15, -0.1) is 0 Å². The van der Waals surface area contributed by atoms with Crippen LogP contribution in [0.25, 0.3) is 110 Å². The zero-order valence-electron chi connectivity index (χ0n) is 31.9. The van der Waals surface area contributed by atoms with E-state index < -0.39 is 0 Å². The number of benzene rings is 11. The smallest absolute Gasteiger partial charge is 0.00264 e. The zero-order valence-corrected chi connectivity index (χ0v) is 31.9. The molecule has 0 saturated heterocycles. The van der Waals surface area contributed by atoms with Gasteiger partial charge >= 0.3 is 0 Å². The standard InChI is InChI=1S/C58H38/c1-2-13-43(14-3-1)55-37-48-16-6-7-17-49(48)38-56(55)44-29-33-46(34-30-44)58-53-20-10-8-18-51(53)57(52-19-9-11-21-54(52)58)45-31-26-41(27-32-45)40-22-24-42(25-23-40)50-35-28-39-12-4-5-15-47(39)36-50/h1-38H. The van der Waals surface area contributed by atoms with Gasteiger partial charge in [0, 0.05) is 0 Å². The zero-order chi connectivity index (χ0) is 38.4. The summed E-state index contributed by atoms with van der Waals surface area (Å²) >= 11 is 0. The van der Waals surface area contributed by atoms with Crippen LogP contribution in [0.2, 0.25) is 0 Å². The lowest BCUT2D eigenvalue weighted by Gasteiger charge is -2.18. The van der Waals surface area contributed by atoms with E-state index in [2.05, 4.69) is 231 Å². The lowest BCUT2D eigenvalue weighted by atomic mass is 9.85. The summed E-state index contributed by atoms with van der Waals surface area (Å²) in [5.41, 5.74) is 14.8. The van der Waals surface area contributed by atoms with Gasteiger partial charge < -0.3 is 0 Å².